The molecule has 0 aliphatic heterocycles. The number of hydrogen-bond donors (Lipinski definition) is 1. The second kappa shape index (κ2) is 8.73. The van der Waals surface area contributed by atoms with E-state index in [2.05, 4.69) is 5.32 Å². The molecule has 0 saturated heterocycles. The quantitative estimate of drug-likeness (QED) is 0.779. The van der Waals surface area contributed by atoms with Crippen molar-refractivity contribution in [2.45, 2.75) is 13.0 Å². The van der Waals surface area contributed by atoms with Crippen molar-refractivity contribution >= 4 is 15.9 Å². The Morgan fingerprint density at radius 3 is 2.36 bits per heavy atom. The monoisotopic (exact) mass is 364 g/mol. The molecule has 5 nitrogen and oxygen atoms in total. The highest BCUT2D eigenvalue weighted by Gasteiger charge is 2.20. The Morgan fingerprint density at radius 1 is 1.08 bits per heavy atom. The molecule has 0 atom stereocenters. The summed E-state index contributed by atoms with van der Waals surface area (Å²) in [5.41, 5.74) is 1.34. The number of carbonyl (C=O) groups excluding carboxylic acids is 1. The largest absolute Gasteiger partial charge is 0.351 e. The Balaban J connectivity index is 1.92. The summed E-state index contributed by atoms with van der Waals surface area (Å²) in [7, 11) is -3.52. The summed E-state index contributed by atoms with van der Waals surface area (Å²) in [6, 6.07) is 15.6. The minimum atomic E-state index is -3.52. The smallest absolute Gasteiger partial charge is 0.235 e. The van der Waals surface area contributed by atoms with E-state index < -0.39 is 21.7 Å². The number of carbonyl (C=O) groups is 1. The first-order valence-electron chi connectivity index (χ1n) is 7.85. The van der Waals surface area contributed by atoms with Gasteiger partial charge in [0.05, 0.1) is 12.8 Å². The zero-order chi connectivity index (χ0) is 18.3. The molecule has 0 radical (unpaired) electrons. The minimum absolute atomic E-state index is 0.0157. The number of amides is 1. The number of nitrogens with zero attached hydrogens (tertiary/aromatic N) is 1. The molecule has 0 aliphatic rings. The van der Waals surface area contributed by atoms with Gasteiger partial charge in [-0.3, -0.25) is 4.79 Å². The maximum atomic E-state index is 13.5. The topological polar surface area (TPSA) is 66.5 Å². The number of rotatable bonds is 8. The number of halogens is 1. The Labute approximate surface area is 147 Å². The molecule has 134 valence electrons. The SMILES string of the molecule is CS(=O)(=O)N(CCc1ccccc1)CC(=O)NCc1ccccc1F. The highest BCUT2D eigenvalue weighted by atomic mass is 32.2. The molecular formula is C18H21FN2O3S. The summed E-state index contributed by atoms with van der Waals surface area (Å²) in [4.78, 5) is 12.1. The van der Waals surface area contributed by atoms with Gasteiger partial charge in [-0.05, 0) is 18.1 Å². The highest BCUT2D eigenvalue weighted by molar-refractivity contribution is 7.88. The number of hydrogen-bond acceptors (Lipinski definition) is 3. The van der Waals surface area contributed by atoms with Gasteiger partial charge in [-0.2, -0.15) is 4.31 Å². The van der Waals surface area contributed by atoms with Gasteiger partial charge in [0.1, 0.15) is 5.82 Å². The van der Waals surface area contributed by atoms with E-state index in [0.29, 0.717) is 12.0 Å². The van der Waals surface area contributed by atoms with E-state index in [1.54, 1.807) is 18.2 Å². The fourth-order valence-corrected chi connectivity index (χ4v) is 3.09. The number of sulfonamides is 1. The van der Waals surface area contributed by atoms with Gasteiger partial charge < -0.3 is 5.32 Å². The van der Waals surface area contributed by atoms with Gasteiger partial charge in [0.15, 0.2) is 0 Å². The molecule has 0 saturated carbocycles. The average molecular weight is 364 g/mol. The Kier molecular flexibility index (Phi) is 6.66. The van der Waals surface area contributed by atoms with Crippen LogP contribution in [0.5, 0.6) is 0 Å². The van der Waals surface area contributed by atoms with Crippen LogP contribution in [-0.2, 0) is 27.8 Å². The molecule has 0 bridgehead atoms. The molecule has 0 unspecified atom stereocenters. The van der Waals surface area contributed by atoms with Crippen LogP contribution in [0.3, 0.4) is 0 Å². The molecule has 25 heavy (non-hydrogen) atoms. The standard InChI is InChI=1S/C18H21FN2O3S/c1-25(23,24)21(12-11-15-7-3-2-4-8-15)14-18(22)20-13-16-9-5-6-10-17(16)19/h2-10H,11-14H2,1H3,(H,20,22). The third-order valence-electron chi connectivity index (χ3n) is 3.72. The summed E-state index contributed by atoms with van der Waals surface area (Å²) >= 11 is 0. The van der Waals surface area contributed by atoms with Gasteiger partial charge in [-0.25, -0.2) is 12.8 Å². The van der Waals surface area contributed by atoms with E-state index >= 15 is 0 Å². The fourth-order valence-electron chi connectivity index (χ4n) is 2.31. The van der Waals surface area contributed by atoms with Crippen molar-refractivity contribution in [2.75, 3.05) is 19.3 Å². The van der Waals surface area contributed by atoms with Crippen LogP contribution in [-0.4, -0.2) is 38.0 Å². The molecule has 2 aromatic carbocycles. The zero-order valence-corrected chi connectivity index (χ0v) is 14.8. The molecule has 0 aliphatic carbocycles. The Hall–Kier alpha value is -2.25. The van der Waals surface area contributed by atoms with Crippen LogP contribution in [0.1, 0.15) is 11.1 Å². The predicted molar refractivity (Wildman–Crippen MR) is 94.8 cm³/mol. The third-order valence-corrected chi connectivity index (χ3v) is 4.97. The van der Waals surface area contributed by atoms with Crippen LogP contribution >= 0.6 is 0 Å². The highest BCUT2D eigenvalue weighted by Crippen LogP contribution is 2.07. The summed E-state index contributed by atoms with van der Waals surface area (Å²) in [6.07, 6.45) is 1.58. The van der Waals surface area contributed by atoms with Crippen LogP contribution in [0.4, 0.5) is 4.39 Å². The summed E-state index contributed by atoms with van der Waals surface area (Å²) in [5.74, 6) is -0.881. The molecule has 0 spiro atoms. The normalized spacial score (nSPS) is 11.5. The fraction of sp³-hybridized carbons (Fsp3) is 0.278. The second-order valence-corrected chi connectivity index (χ2v) is 7.68. The van der Waals surface area contributed by atoms with Gasteiger partial charge in [-0.15, -0.1) is 0 Å². The van der Waals surface area contributed by atoms with E-state index in [1.165, 1.54) is 6.07 Å². The first-order valence-corrected chi connectivity index (χ1v) is 9.70. The van der Waals surface area contributed by atoms with Gasteiger partial charge in [-0.1, -0.05) is 48.5 Å². The van der Waals surface area contributed by atoms with Crippen LogP contribution in [0.2, 0.25) is 0 Å². The molecule has 1 N–H and O–H groups in total. The molecule has 0 heterocycles. The van der Waals surface area contributed by atoms with Crippen LogP contribution in [0, 0.1) is 5.82 Å². The lowest BCUT2D eigenvalue weighted by molar-refractivity contribution is -0.121. The van der Waals surface area contributed by atoms with Crippen molar-refractivity contribution in [3.8, 4) is 0 Å². The van der Waals surface area contributed by atoms with Crippen LogP contribution in [0.25, 0.3) is 0 Å². The van der Waals surface area contributed by atoms with Crippen molar-refractivity contribution in [3.63, 3.8) is 0 Å². The lowest BCUT2D eigenvalue weighted by Crippen LogP contribution is -2.41. The van der Waals surface area contributed by atoms with E-state index in [-0.39, 0.29) is 19.6 Å². The van der Waals surface area contributed by atoms with E-state index in [0.717, 1.165) is 16.1 Å². The molecular weight excluding hydrogens is 343 g/mol. The molecule has 7 heteroatoms. The van der Waals surface area contributed by atoms with Crippen molar-refractivity contribution in [3.05, 3.63) is 71.5 Å². The number of benzene rings is 2. The maximum absolute atomic E-state index is 13.5. The van der Waals surface area contributed by atoms with E-state index in [1.807, 2.05) is 30.3 Å². The maximum Gasteiger partial charge on any atom is 0.235 e. The van der Waals surface area contributed by atoms with Gasteiger partial charge in [0, 0.05) is 18.7 Å². The van der Waals surface area contributed by atoms with E-state index in [4.69, 9.17) is 0 Å². The summed E-state index contributed by atoms with van der Waals surface area (Å²) in [5, 5.41) is 2.56. The van der Waals surface area contributed by atoms with Crippen LogP contribution < -0.4 is 5.32 Å². The Bertz CT molecular complexity index is 810. The van der Waals surface area contributed by atoms with Crippen molar-refractivity contribution < 1.29 is 17.6 Å². The molecule has 2 rings (SSSR count). The van der Waals surface area contributed by atoms with Crippen molar-refractivity contribution in [1.82, 2.24) is 9.62 Å². The summed E-state index contributed by atoms with van der Waals surface area (Å²) in [6.45, 7) is -0.0715. The van der Waals surface area contributed by atoms with E-state index in [9.17, 15) is 17.6 Å². The third kappa shape index (κ3) is 6.28. The van der Waals surface area contributed by atoms with Crippen molar-refractivity contribution in [2.24, 2.45) is 0 Å². The van der Waals surface area contributed by atoms with Crippen LogP contribution in [0.15, 0.2) is 54.6 Å². The molecule has 1 amide bonds. The van der Waals surface area contributed by atoms with Crippen molar-refractivity contribution in [1.29, 1.82) is 0 Å². The lowest BCUT2D eigenvalue weighted by Gasteiger charge is -2.19. The second-order valence-electron chi connectivity index (χ2n) is 5.70. The molecule has 0 fully saturated rings. The van der Waals surface area contributed by atoms with Gasteiger partial charge in [0.25, 0.3) is 0 Å². The molecule has 0 aromatic heterocycles. The van der Waals surface area contributed by atoms with Gasteiger partial charge >= 0.3 is 0 Å². The lowest BCUT2D eigenvalue weighted by atomic mass is 10.1. The number of nitrogens with one attached hydrogen (secondary N) is 1. The molecule has 2 aromatic rings. The van der Waals surface area contributed by atoms with Gasteiger partial charge in [0.2, 0.25) is 15.9 Å². The first kappa shape index (κ1) is 19.1. The zero-order valence-electron chi connectivity index (χ0n) is 14.0. The Morgan fingerprint density at radius 2 is 1.72 bits per heavy atom. The predicted octanol–water partition coefficient (Wildman–Crippen LogP) is 1.95. The minimum Gasteiger partial charge on any atom is -0.351 e. The first-order chi connectivity index (χ1) is 11.9. The average Bonchev–Trinajstić information content (AvgIpc) is 2.58. The summed E-state index contributed by atoms with van der Waals surface area (Å²) < 4.78 is 38.5.